The number of carbonyl (C=O) groups is 2. The molecule has 0 bridgehead atoms. The largest absolute Gasteiger partial charge is 0.465 e. The molecule has 0 unspecified atom stereocenters. The van der Waals surface area contributed by atoms with Gasteiger partial charge in [0, 0.05) is 25.0 Å². The van der Waals surface area contributed by atoms with Gasteiger partial charge in [0.25, 0.3) is 0 Å². The van der Waals surface area contributed by atoms with E-state index >= 15 is 0 Å². The van der Waals surface area contributed by atoms with Crippen molar-refractivity contribution in [2.24, 2.45) is 0 Å². The number of aromatic nitrogens is 3. The fourth-order valence-electron chi connectivity index (χ4n) is 2.88. The molecule has 1 aromatic carbocycles. The van der Waals surface area contributed by atoms with Crippen molar-refractivity contribution in [1.82, 2.24) is 15.0 Å². The fourth-order valence-corrected chi connectivity index (χ4v) is 3.56. The number of hydrogen-bond donors (Lipinski definition) is 0. The summed E-state index contributed by atoms with van der Waals surface area (Å²) in [4.78, 5) is 34.6. The standard InChI is InChI=1S/C15H15NO2.C7H6BrNO2.C5H4BrN/c1-11-5-3-6-12(9-11)10-14-13(15(17)18-2)7-4-8-16-14;1-11-7(10)5-3-2-4-9-6(5)8;6-5-3-1-2-4-7-5/h3-9H,10H2,1-2H3;2-4H,1H3;1-4H. The topological polar surface area (TPSA) is 91.3 Å². The molecule has 0 aliphatic carbocycles. The van der Waals surface area contributed by atoms with Gasteiger partial charge in [0.05, 0.1) is 31.0 Å². The van der Waals surface area contributed by atoms with Gasteiger partial charge in [0.1, 0.15) is 9.21 Å². The van der Waals surface area contributed by atoms with Gasteiger partial charge in [0.15, 0.2) is 0 Å². The van der Waals surface area contributed by atoms with Crippen molar-refractivity contribution in [3.05, 3.63) is 122 Å². The van der Waals surface area contributed by atoms with Gasteiger partial charge in [-0.15, -0.1) is 0 Å². The fraction of sp³-hybridized carbons (Fsp3) is 0.148. The number of halogens is 2. The number of hydrogen-bond acceptors (Lipinski definition) is 7. The van der Waals surface area contributed by atoms with Crippen LogP contribution < -0.4 is 0 Å². The summed E-state index contributed by atoms with van der Waals surface area (Å²) in [5.74, 6) is -0.726. The third kappa shape index (κ3) is 9.67. The molecule has 9 heteroatoms. The maximum absolute atomic E-state index is 11.6. The first kappa shape index (κ1) is 28.8. The van der Waals surface area contributed by atoms with Crippen molar-refractivity contribution in [2.45, 2.75) is 13.3 Å². The molecule has 4 rings (SSSR count). The van der Waals surface area contributed by atoms with Crippen molar-refractivity contribution in [1.29, 1.82) is 0 Å². The lowest BCUT2D eigenvalue weighted by molar-refractivity contribution is 0.0590. The first-order valence-electron chi connectivity index (χ1n) is 10.7. The summed E-state index contributed by atoms with van der Waals surface area (Å²) in [5.41, 5.74) is 4.05. The zero-order valence-corrected chi connectivity index (χ0v) is 23.2. The molecule has 0 saturated heterocycles. The molecule has 36 heavy (non-hydrogen) atoms. The van der Waals surface area contributed by atoms with E-state index in [1.54, 1.807) is 42.9 Å². The highest BCUT2D eigenvalue weighted by molar-refractivity contribution is 9.10. The van der Waals surface area contributed by atoms with Crippen LogP contribution in [0.25, 0.3) is 0 Å². The number of methoxy groups -OCH3 is 2. The van der Waals surface area contributed by atoms with Gasteiger partial charge in [-0.1, -0.05) is 35.9 Å². The van der Waals surface area contributed by atoms with E-state index in [0.29, 0.717) is 22.2 Å². The molecule has 0 N–H and O–H groups in total. The summed E-state index contributed by atoms with van der Waals surface area (Å²) in [6, 6.07) is 20.7. The molecule has 0 radical (unpaired) electrons. The Hall–Kier alpha value is -3.43. The molecule has 0 spiro atoms. The smallest absolute Gasteiger partial charge is 0.340 e. The van der Waals surface area contributed by atoms with Crippen LogP contribution in [0.2, 0.25) is 0 Å². The SMILES string of the molecule is Brc1ccccn1.COC(=O)c1cccnc1Br.COC(=O)c1cccnc1Cc1cccc(C)c1. The average molecular weight is 615 g/mol. The van der Waals surface area contributed by atoms with E-state index < -0.39 is 0 Å². The number of aryl methyl sites for hydroxylation is 1. The lowest BCUT2D eigenvalue weighted by atomic mass is 10.0. The van der Waals surface area contributed by atoms with Crippen LogP contribution in [0, 0.1) is 6.92 Å². The minimum absolute atomic E-state index is 0.342. The van der Waals surface area contributed by atoms with Crippen LogP contribution in [0.1, 0.15) is 37.5 Å². The van der Waals surface area contributed by atoms with Crippen molar-refractivity contribution < 1.29 is 19.1 Å². The zero-order chi connectivity index (χ0) is 26.3. The molecule has 0 saturated carbocycles. The lowest BCUT2D eigenvalue weighted by Gasteiger charge is -2.07. The van der Waals surface area contributed by atoms with E-state index in [-0.39, 0.29) is 11.9 Å². The van der Waals surface area contributed by atoms with E-state index in [1.165, 1.54) is 19.8 Å². The minimum atomic E-state index is -0.384. The predicted octanol–water partition coefficient (Wildman–Crippen LogP) is 6.24. The Kier molecular flexibility index (Phi) is 12.4. The Morgan fingerprint density at radius 2 is 1.39 bits per heavy atom. The van der Waals surface area contributed by atoms with Crippen molar-refractivity contribution in [3.8, 4) is 0 Å². The lowest BCUT2D eigenvalue weighted by Crippen LogP contribution is -2.07. The molecule has 186 valence electrons. The molecule has 3 heterocycles. The van der Waals surface area contributed by atoms with Crippen LogP contribution in [-0.4, -0.2) is 41.1 Å². The maximum Gasteiger partial charge on any atom is 0.340 e. The number of carbonyl (C=O) groups excluding carboxylic acids is 2. The molecule has 4 aromatic rings. The second kappa shape index (κ2) is 15.5. The van der Waals surface area contributed by atoms with Gasteiger partial charge >= 0.3 is 11.9 Å². The molecule has 0 amide bonds. The van der Waals surface area contributed by atoms with Crippen LogP contribution in [0.15, 0.2) is 94.5 Å². The Bertz CT molecular complexity index is 1270. The van der Waals surface area contributed by atoms with Crippen LogP contribution in [0.5, 0.6) is 0 Å². The van der Waals surface area contributed by atoms with Gasteiger partial charge in [-0.25, -0.2) is 19.6 Å². The van der Waals surface area contributed by atoms with E-state index in [9.17, 15) is 9.59 Å². The van der Waals surface area contributed by atoms with Gasteiger partial charge in [0.2, 0.25) is 0 Å². The number of ether oxygens (including phenoxy) is 2. The second-order valence-electron chi connectivity index (χ2n) is 7.14. The average Bonchev–Trinajstić information content (AvgIpc) is 2.90. The molecule has 0 atom stereocenters. The molecular formula is C27H25Br2N3O4. The van der Waals surface area contributed by atoms with E-state index in [1.807, 2.05) is 43.3 Å². The van der Waals surface area contributed by atoms with Crippen molar-refractivity contribution in [2.75, 3.05) is 14.2 Å². The second-order valence-corrected chi connectivity index (χ2v) is 8.70. The maximum atomic E-state index is 11.6. The van der Waals surface area contributed by atoms with Crippen molar-refractivity contribution >= 4 is 43.8 Å². The molecular weight excluding hydrogens is 590 g/mol. The first-order chi connectivity index (χ1) is 17.3. The summed E-state index contributed by atoms with van der Waals surface area (Å²) in [6.07, 6.45) is 5.66. The van der Waals surface area contributed by atoms with Crippen LogP contribution >= 0.6 is 31.9 Å². The monoisotopic (exact) mass is 613 g/mol. The Morgan fingerprint density at radius 1 is 0.750 bits per heavy atom. The number of nitrogens with zero attached hydrogens (tertiary/aromatic N) is 3. The molecule has 0 aliphatic rings. The summed E-state index contributed by atoms with van der Waals surface area (Å²) in [6.45, 7) is 2.04. The minimum Gasteiger partial charge on any atom is -0.465 e. The molecule has 7 nitrogen and oxygen atoms in total. The number of esters is 2. The van der Waals surface area contributed by atoms with E-state index in [4.69, 9.17) is 4.74 Å². The van der Waals surface area contributed by atoms with Gasteiger partial charge < -0.3 is 9.47 Å². The Balaban J connectivity index is 0.000000214. The summed E-state index contributed by atoms with van der Waals surface area (Å²) in [5, 5.41) is 0. The van der Waals surface area contributed by atoms with Crippen LogP contribution in [0.3, 0.4) is 0 Å². The highest BCUT2D eigenvalue weighted by Crippen LogP contribution is 2.14. The number of pyridine rings is 3. The zero-order valence-electron chi connectivity index (χ0n) is 20.0. The molecule has 0 fully saturated rings. The van der Waals surface area contributed by atoms with Gasteiger partial charge in [-0.3, -0.25) is 4.98 Å². The Labute approximate surface area is 227 Å². The third-order valence-corrected chi connectivity index (χ3v) is 5.64. The Morgan fingerprint density at radius 3 is 1.94 bits per heavy atom. The van der Waals surface area contributed by atoms with Gasteiger partial charge in [-0.2, -0.15) is 0 Å². The number of rotatable bonds is 4. The third-order valence-electron chi connectivity index (χ3n) is 4.54. The first-order valence-corrected chi connectivity index (χ1v) is 12.3. The van der Waals surface area contributed by atoms with Crippen LogP contribution in [-0.2, 0) is 15.9 Å². The van der Waals surface area contributed by atoms with Gasteiger partial charge in [-0.05, 0) is 80.7 Å². The van der Waals surface area contributed by atoms with E-state index in [0.717, 1.165) is 15.9 Å². The summed E-state index contributed by atoms with van der Waals surface area (Å²) in [7, 11) is 2.72. The van der Waals surface area contributed by atoms with Crippen molar-refractivity contribution in [3.63, 3.8) is 0 Å². The highest BCUT2D eigenvalue weighted by atomic mass is 79.9. The quantitative estimate of drug-likeness (QED) is 0.198. The predicted molar refractivity (Wildman–Crippen MR) is 145 cm³/mol. The number of benzene rings is 1. The van der Waals surface area contributed by atoms with E-state index in [2.05, 4.69) is 57.6 Å². The molecule has 3 aromatic heterocycles. The summed E-state index contributed by atoms with van der Waals surface area (Å²) >= 11 is 6.33. The molecule has 0 aliphatic heterocycles. The normalized spacial score (nSPS) is 9.58. The summed E-state index contributed by atoms with van der Waals surface area (Å²) < 4.78 is 10.7. The highest BCUT2D eigenvalue weighted by Gasteiger charge is 2.12. The van der Waals surface area contributed by atoms with Crippen LogP contribution in [0.4, 0.5) is 0 Å².